The van der Waals surface area contributed by atoms with E-state index in [1.807, 2.05) is 0 Å². The third kappa shape index (κ3) is 4.81. The van der Waals surface area contributed by atoms with E-state index in [-0.39, 0.29) is 24.7 Å². The first kappa shape index (κ1) is 12.0. The molecule has 1 amide bonds. The monoisotopic (exact) mass is 213 g/mol. The Hall–Kier alpha value is -1.06. The Morgan fingerprint density at radius 1 is 1.33 bits per heavy atom. The zero-order valence-corrected chi connectivity index (χ0v) is 9.49. The highest BCUT2D eigenvalue weighted by Crippen LogP contribution is 2.29. The second kappa shape index (κ2) is 5.73. The number of ether oxygens (including phenoxy) is 1. The fourth-order valence-electron chi connectivity index (χ4n) is 1.42. The quantitative estimate of drug-likeness (QED) is 0.623. The molecule has 0 aromatic heterocycles. The molecule has 86 valence electrons. The molecular formula is C11H19NO3. The fraction of sp³-hybridized carbons (Fsp3) is 0.818. The minimum absolute atomic E-state index is 0.0370. The zero-order chi connectivity index (χ0) is 11.3. The maximum Gasteiger partial charge on any atom is 0.306 e. The minimum atomic E-state index is -0.286. The third-order valence-corrected chi connectivity index (χ3v) is 2.50. The van der Waals surface area contributed by atoms with E-state index in [1.54, 1.807) is 18.9 Å². The van der Waals surface area contributed by atoms with Gasteiger partial charge in [-0.1, -0.05) is 0 Å². The molecular weight excluding hydrogens is 194 g/mol. The fourth-order valence-corrected chi connectivity index (χ4v) is 1.42. The smallest absolute Gasteiger partial charge is 0.306 e. The first-order chi connectivity index (χ1) is 7.13. The third-order valence-electron chi connectivity index (χ3n) is 2.50. The summed E-state index contributed by atoms with van der Waals surface area (Å²) in [4.78, 5) is 24.3. The Bertz CT molecular complexity index is 236. The molecule has 0 bridgehead atoms. The van der Waals surface area contributed by atoms with Gasteiger partial charge in [0.15, 0.2) is 0 Å². The van der Waals surface area contributed by atoms with Crippen molar-refractivity contribution in [2.24, 2.45) is 5.92 Å². The van der Waals surface area contributed by atoms with Crippen LogP contribution in [-0.2, 0) is 14.3 Å². The lowest BCUT2D eigenvalue weighted by Crippen LogP contribution is -2.29. The lowest BCUT2D eigenvalue weighted by molar-refractivity contribution is -0.145. The molecule has 0 aromatic carbocycles. The van der Waals surface area contributed by atoms with Crippen molar-refractivity contribution in [3.63, 3.8) is 0 Å². The van der Waals surface area contributed by atoms with Crippen LogP contribution in [-0.4, -0.2) is 37.0 Å². The van der Waals surface area contributed by atoms with Crippen LogP contribution in [0.2, 0.25) is 0 Å². The van der Waals surface area contributed by atoms with Gasteiger partial charge in [0.2, 0.25) is 5.91 Å². The topological polar surface area (TPSA) is 46.6 Å². The van der Waals surface area contributed by atoms with E-state index in [0.29, 0.717) is 12.5 Å². The van der Waals surface area contributed by atoms with Crippen LogP contribution in [0.25, 0.3) is 0 Å². The van der Waals surface area contributed by atoms with Gasteiger partial charge >= 0.3 is 5.97 Å². The summed E-state index contributed by atoms with van der Waals surface area (Å²) in [6.45, 7) is 2.98. The van der Waals surface area contributed by atoms with Crippen LogP contribution in [0.3, 0.4) is 0 Å². The van der Waals surface area contributed by atoms with Crippen molar-refractivity contribution < 1.29 is 14.3 Å². The zero-order valence-electron chi connectivity index (χ0n) is 9.49. The highest BCUT2D eigenvalue weighted by molar-refractivity contribution is 5.81. The Balaban J connectivity index is 2.13. The van der Waals surface area contributed by atoms with Crippen molar-refractivity contribution in [2.45, 2.75) is 32.6 Å². The van der Waals surface area contributed by atoms with Crippen molar-refractivity contribution in [2.75, 3.05) is 20.2 Å². The van der Waals surface area contributed by atoms with E-state index in [9.17, 15) is 9.59 Å². The Morgan fingerprint density at radius 3 is 2.53 bits per heavy atom. The summed E-state index contributed by atoms with van der Waals surface area (Å²) in [5, 5.41) is 0. The van der Waals surface area contributed by atoms with E-state index in [1.165, 1.54) is 12.8 Å². The second-order valence-electron chi connectivity index (χ2n) is 4.02. The SMILES string of the molecule is CCOC(=O)CCC(=O)N(C)CC1CC1. The molecule has 1 rings (SSSR count). The summed E-state index contributed by atoms with van der Waals surface area (Å²) in [5.41, 5.74) is 0. The molecule has 4 heteroatoms. The maximum atomic E-state index is 11.5. The van der Waals surface area contributed by atoms with Gasteiger partial charge in [-0.2, -0.15) is 0 Å². The van der Waals surface area contributed by atoms with Crippen molar-refractivity contribution in [3.8, 4) is 0 Å². The summed E-state index contributed by atoms with van der Waals surface area (Å²) >= 11 is 0. The van der Waals surface area contributed by atoms with Crippen LogP contribution < -0.4 is 0 Å². The molecule has 0 spiro atoms. The number of carbonyl (C=O) groups is 2. The molecule has 4 nitrogen and oxygen atoms in total. The van der Waals surface area contributed by atoms with Crippen LogP contribution >= 0.6 is 0 Å². The highest BCUT2D eigenvalue weighted by Gasteiger charge is 2.24. The number of rotatable bonds is 6. The standard InChI is InChI=1S/C11H19NO3/c1-3-15-11(14)7-6-10(13)12(2)8-9-4-5-9/h9H,3-8H2,1-2H3. The summed E-state index contributed by atoms with van der Waals surface area (Å²) < 4.78 is 4.76. The van der Waals surface area contributed by atoms with Crippen molar-refractivity contribution in [1.82, 2.24) is 4.90 Å². The molecule has 1 aliphatic rings. The Labute approximate surface area is 90.6 Å². The molecule has 0 atom stereocenters. The first-order valence-corrected chi connectivity index (χ1v) is 5.53. The lowest BCUT2D eigenvalue weighted by atomic mass is 10.2. The maximum absolute atomic E-state index is 11.5. The van der Waals surface area contributed by atoms with Gasteiger partial charge in [0.05, 0.1) is 13.0 Å². The Kier molecular flexibility index (Phi) is 4.59. The van der Waals surface area contributed by atoms with Gasteiger partial charge in [0, 0.05) is 20.0 Å². The molecule has 1 saturated carbocycles. The molecule has 0 N–H and O–H groups in total. The van der Waals surface area contributed by atoms with E-state index >= 15 is 0 Å². The minimum Gasteiger partial charge on any atom is -0.466 e. The molecule has 0 aromatic rings. The van der Waals surface area contributed by atoms with Gasteiger partial charge in [-0.3, -0.25) is 9.59 Å². The number of carbonyl (C=O) groups excluding carboxylic acids is 2. The van der Waals surface area contributed by atoms with Crippen LogP contribution in [0.15, 0.2) is 0 Å². The predicted octanol–water partition coefficient (Wildman–Crippen LogP) is 1.20. The summed E-state index contributed by atoms with van der Waals surface area (Å²) in [7, 11) is 1.80. The van der Waals surface area contributed by atoms with Crippen LogP contribution in [0, 0.1) is 5.92 Å². The van der Waals surface area contributed by atoms with E-state index in [0.717, 1.165) is 6.54 Å². The second-order valence-corrected chi connectivity index (χ2v) is 4.02. The van der Waals surface area contributed by atoms with Crippen molar-refractivity contribution >= 4 is 11.9 Å². The summed E-state index contributed by atoms with van der Waals surface area (Å²) in [6, 6.07) is 0. The normalized spacial score (nSPS) is 14.8. The highest BCUT2D eigenvalue weighted by atomic mass is 16.5. The molecule has 1 aliphatic carbocycles. The molecule has 0 aliphatic heterocycles. The molecule has 0 heterocycles. The molecule has 0 unspecified atom stereocenters. The number of hydrogen-bond acceptors (Lipinski definition) is 3. The number of nitrogens with zero attached hydrogens (tertiary/aromatic N) is 1. The van der Waals surface area contributed by atoms with Gasteiger partial charge in [-0.15, -0.1) is 0 Å². The lowest BCUT2D eigenvalue weighted by Gasteiger charge is -2.16. The van der Waals surface area contributed by atoms with Crippen molar-refractivity contribution in [1.29, 1.82) is 0 Å². The van der Waals surface area contributed by atoms with Crippen molar-refractivity contribution in [3.05, 3.63) is 0 Å². The average molecular weight is 213 g/mol. The Morgan fingerprint density at radius 2 is 2.00 bits per heavy atom. The number of hydrogen-bond donors (Lipinski definition) is 0. The summed E-state index contributed by atoms with van der Waals surface area (Å²) in [5.74, 6) is 0.446. The number of esters is 1. The average Bonchev–Trinajstić information content (AvgIpc) is 2.98. The van der Waals surface area contributed by atoms with E-state index in [2.05, 4.69) is 0 Å². The molecule has 15 heavy (non-hydrogen) atoms. The van der Waals surface area contributed by atoms with Crippen LogP contribution in [0.5, 0.6) is 0 Å². The predicted molar refractivity (Wildman–Crippen MR) is 56.2 cm³/mol. The molecule has 1 fully saturated rings. The van der Waals surface area contributed by atoms with Crippen LogP contribution in [0.1, 0.15) is 32.6 Å². The summed E-state index contributed by atoms with van der Waals surface area (Å²) in [6.07, 6.45) is 2.93. The molecule has 0 saturated heterocycles. The van der Waals surface area contributed by atoms with Gasteiger partial charge < -0.3 is 9.64 Å². The van der Waals surface area contributed by atoms with Gasteiger partial charge in [0.25, 0.3) is 0 Å². The largest absolute Gasteiger partial charge is 0.466 e. The molecule has 0 radical (unpaired) electrons. The van der Waals surface area contributed by atoms with E-state index in [4.69, 9.17) is 4.74 Å². The van der Waals surface area contributed by atoms with E-state index < -0.39 is 0 Å². The van der Waals surface area contributed by atoms with Crippen LogP contribution in [0.4, 0.5) is 0 Å². The number of amides is 1. The van der Waals surface area contributed by atoms with Gasteiger partial charge in [-0.25, -0.2) is 0 Å². The van der Waals surface area contributed by atoms with Gasteiger partial charge in [0.1, 0.15) is 0 Å². The van der Waals surface area contributed by atoms with Gasteiger partial charge in [-0.05, 0) is 25.7 Å². The first-order valence-electron chi connectivity index (χ1n) is 5.53.